The summed E-state index contributed by atoms with van der Waals surface area (Å²) in [6.45, 7) is 4.00. The summed E-state index contributed by atoms with van der Waals surface area (Å²) >= 11 is 1.55. The Morgan fingerprint density at radius 1 is 1.10 bits per heavy atom. The van der Waals surface area contributed by atoms with Gasteiger partial charge in [0.1, 0.15) is 0 Å². The smallest absolute Gasteiger partial charge is 0.177 e. The number of ether oxygens (including phenoxy) is 2. The molecule has 1 aromatic heterocycles. The van der Waals surface area contributed by atoms with Gasteiger partial charge in [-0.05, 0) is 43.2 Å². The maximum Gasteiger partial charge on any atom is 0.177 e. The Balaban J connectivity index is 2.22. The number of hydrogen-bond acceptors (Lipinski definition) is 4. The Labute approximate surface area is 123 Å². The molecule has 0 spiro atoms. The molecule has 0 aliphatic carbocycles. The van der Waals surface area contributed by atoms with E-state index in [-0.39, 0.29) is 5.78 Å². The van der Waals surface area contributed by atoms with E-state index in [2.05, 4.69) is 0 Å². The van der Waals surface area contributed by atoms with E-state index in [4.69, 9.17) is 9.47 Å². The molecule has 0 saturated carbocycles. The number of benzene rings is 1. The van der Waals surface area contributed by atoms with Crippen molar-refractivity contribution in [2.24, 2.45) is 0 Å². The van der Waals surface area contributed by atoms with Crippen molar-refractivity contribution in [1.82, 2.24) is 0 Å². The molecule has 3 nitrogen and oxygen atoms in total. The van der Waals surface area contributed by atoms with Crippen LogP contribution in [0.15, 0.2) is 24.3 Å². The number of methoxy groups -OCH3 is 2. The zero-order valence-electron chi connectivity index (χ0n) is 12.1. The van der Waals surface area contributed by atoms with Gasteiger partial charge in [0.25, 0.3) is 0 Å². The third-order valence-corrected chi connectivity index (χ3v) is 4.30. The van der Waals surface area contributed by atoms with E-state index in [1.54, 1.807) is 25.6 Å². The maximum absolute atomic E-state index is 12.3. The summed E-state index contributed by atoms with van der Waals surface area (Å²) in [4.78, 5) is 14.4. The quantitative estimate of drug-likeness (QED) is 0.786. The fourth-order valence-corrected chi connectivity index (χ4v) is 3.14. The van der Waals surface area contributed by atoms with E-state index in [1.165, 1.54) is 0 Å². The molecule has 0 N–H and O–H groups in total. The molecule has 1 aromatic carbocycles. The number of carbonyl (C=O) groups excluding carboxylic acids is 1. The molecule has 0 amide bonds. The number of rotatable bonds is 5. The zero-order chi connectivity index (χ0) is 14.7. The Hall–Kier alpha value is -1.81. The minimum atomic E-state index is 0.146. The number of ketones is 1. The number of Topliss-reactive ketones (excluding diaryl/α,β-unsaturated/α-hetero) is 1. The number of hydrogen-bond donors (Lipinski definition) is 0. The van der Waals surface area contributed by atoms with Gasteiger partial charge in [0, 0.05) is 11.3 Å². The molecule has 0 saturated heterocycles. The molecule has 0 fully saturated rings. The molecule has 0 unspecified atom stereocenters. The molecule has 4 heteroatoms. The van der Waals surface area contributed by atoms with Crippen LogP contribution in [0.3, 0.4) is 0 Å². The highest BCUT2D eigenvalue weighted by molar-refractivity contribution is 7.14. The average molecular weight is 290 g/mol. The third-order valence-electron chi connectivity index (χ3n) is 3.11. The minimum absolute atomic E-state index is 0.146. The summed E-state index contributed by atoms with van der Waals surface area (Å²) in [6.07, 6.45) is 0.376. The predicted octanol–water partition coefficient (Wildman–Crippen LogP) is 3.81. The standard InChI is InChI=1S/C16H18O3S/c1-10-7-11(2)20-16(10)13(17)8-12-5-6-14(18-3)15(9-12)19-4/h5-7,9H,8H2,1-4H3. The minimum Gasteiger partial charge on any atom is -0.493 e. The van der Waals surface area contributed by atoms with Crippen molar-refractivity contribution < 1.29 is 14.3 Å². The van der Waals surface area contributed by atoms with E-state index in [0.29, 0.717) is 17.9 Å². The highest BCUT2D eigenvalue weighted by Gasteiger charge is 2.14. The summed E-state index contributed by atoms with van der Waals surface area (Å²) in [5.41, 5.74) is 1.98. The van der Waals surface area contributed by atoms with Gasteiger partial charge in [-0.25, -0.2) is 0 Å². The molecular weight excluding hydrogens is 272 g/mol. The van der Waals surface area contributed by atoms with Crippen molar-refractivity contribution in [3.05, 3.63) is 45.1 Å². The van der Waals surface area contributed by atoms with Gasteiger partial charge in [0.15, 0.2) is 17.3 Å². The molecule has 1 heterocycles. The maximum atomic E-state index is 12.3. The van der Waals surface area contributed by atoms with Crippen LogP contribution in [0.25, 0.3) is 0 Å². The van der Waals surface area contributed by atoms with Crippen LogP contribution in [0.5, 0.6) is 11.5 Å². The molecule has 2 aromatic rings. The fraction of sp³-hybridized carbons (Fsp3) is 0.312. The van der Waals surface area contributed by atoms with Gasteiger partial charge < -0.3 is 9.47 Å². The highest BCUT2D eigenvalue weighted by atomic mass is 32.1. The molecule has 2 rings (SSSR count). The van der Waals surface area contributed by atoms with Gasteiger partial charge in [0.2, 0.25) is 0 Å². The van der Waals surface area contributed by atoms with Crippen LogP contribution in [0, 0.1) is 13.8 Å². The van der Waals surface area contributed by atoms with E-state index in [1.807, 2.05) is 38.1 Å². The SMILES string of the molecule is COc1ccc(CC(=O)c2sc(C)cc2C)cc1OC. The summed E-state index contributed by atoms with van der Waals surface area (Å²) < 4.78 is 10.5. The Morgan fingerprint density at radius 3 is 2.35 bits per heavy atom. The summed E-state index contributed by atoms with van der Waals surface area (Å²) in [5, 5.41) is 0. The molecular formula is C16H18O3S. The van der Waals surface area contributed by atoms with Gasteiger partial charge in [-0.1, -0.05) is 6.07 Å². The summed E-state index contributed by atoms with van der Waals surface area (Å²) in [7, 11) is 3.19. The van der Waals surface area contributed by atoms with E-state index in [0.717, 1.165) is 20.9 Å². The first-order valence-corrected chi connectivity index (χ1v) is 7.18. The van der Waals surface area contributed by atoms with Crippen LogP contribution in [0.4, 0.5) is 0 Å². The van der Waals surface area contributed by atoms with Gasteiger partial charge >= 0.3 is 0 Å². The Morgan fingerprint density at radius 2 is 1.80 bits per heavy atom. The first-order valence-electron chi connectivity index (χ1n) is 6.36. The van der Waals surface area contributed by atoms with Crippen molar-refractivity contribution in [2.45, 2.75) is 20.3 Å². The monoisotopic (exact) mass is 290 g/mol. The van der Waals surface area contributed by atoms with E-state index in [9.17, 15) is 4.79 Å². The largest absolute Gasteiger partial charge is 0.493 e. The van der Waals surface area contributed by atoms with E-state index >= 15 is 0 Å². The predicted molar refractivity (Wildman–Crippen MR) is 81.4 cm³/mol. The van der Waals surface area contributed by atoms with Crippen LogP contribution < -0.4 is 9.47 Å². The summed E-state index contributed by atoms with van der Waals surface area (Å²) in [6, 6.07) is 7.63. The van der Waals surface area contributed by atoms with Crippen molar-refractivity contribution in [3.63, 3.8) is 0 Å². The van der Waals surface area contributed by atoms with Crippen molar-refractivity contribution >= 4 is 17.1 Å². The van der Waals surface area contributed by atoms with Gasteiger partial charge in [-0.2, -0.15) is 0 Å². The first kappa shape index (κ1) is 14.6. The lowest BCUT2D eigenvalue weighted by Gasteiger charge is -2.09. The number of aryl methyl sites for hydroxylation is 2. The lowest BCUT2D eigenvalue weighted by atomic mass is 10.1. The molecule has 0 aliphatic rings. The van der Waals surface area contributed by atoms with Crippen LogP contribution >= 0.6 is 11.3 Å². The van der Waals surface area contributed by atoms with Gasteiger partial charge in [-0.15, -0.1) is 11.3 Å². The zero-order valence-corrected chi connectivity index (χ0v) is 13.0. The molecule has 0 atom stereocenters. The second-order valence-electron chi connectivity index (χ2n) is 4.66. The van der Waals surface area contributed by atoms with Gasteiger partial charge in [0.05, 0.1) is 19.1 Å². The van der Waals surface area contributed by atoms with Crippen LogP contribution in [-0.4, -0.2) is 20.0 Å². The fourth-order valence-electron chi connectivity index (χ4n) is 2.17. The second-order valence-corrected chi connectivity index (χ2v) is 5.91. The molecule has 0 aliphatic heterocycles. The number of thiophene rings is 1. The molecule has 0 radical (unpaired) electrons. The van der Waals surface area contributed by atoms with E-state index < -0.39 is 0 Å². The molecule has 20 heavy (non-hydrogen) atoms. The van der Waals surface area contributed by atoms with Crippen molar-refractivity contribution in [3.8, 4) is 11.5 Å². The van der Waals surface area contributed by atoms with Gasteiger partial charge in [-0.3, -0.25) is 4.79 Å². The van der Waals surface area contributed by atoms with Crippen LogP contribution in [0.1, 0.15) is 25.7 Å². The number of carbonyl (C=O) groups is 1. The molecule has 106 valence electrons. The highest BCUT2D eigenvalue weighted by Crippen LogP contribution is 2.29. The second kappa shape index (κ2) is 6.09. The average Bonchev–Trinajstić information content (AvgIpc) is 2.77. The van der Waals surface area contributed by atoms with Crippen molar-refractivity contribution in [2.75, 3.05) is 14.2 Å². The van der Waals surface area contributed by atoms with Crippen LogP contribution in [-0.2, 0) is 6.42 Å². The third kappa shape index (κ3) is 3.02. The lowest BCUT2D eigenvalue weighted by Crippen LogP contribution is -2.03. The normalized spacial score (nSPS) is 10.4. The van der Waals surface area contributed by atoms with Crippen LogP contribution in [0.2, 0.25) is 0 Å². The lowest BCUT2D eigenvalue weighted by molar-refractivity contribution is 0.0996. The summed E-state index contributed by atoms with van der Waals surface area (Å²) in [5.74, 6) is 1.47. The first-order chi connectivity index (χ1) is 9.55. The Kier molecular flexibility index (Phi) is 4.45. The Bertz CT molecular complexity index is 629. The van der Waals surface area contributed by atoms with Crippen molar-refractivity contribution in [1.29, 1.82) is 0 Å². The topological polar surface area (TPSA) is 35.5 Å². The molecule has 0 bridgehead atoms.